The quantitative estimate of drug-likeness (QED) is 0.591. The van der Waals surface area contributed by atoms with Gasteiger partial charge in [0, 0.05) is 17.9 Å². The highest BCUT2D eigenvalue weighted by molar-refractivity contribution is 7.99. The van der Waals surface area contributed by atoms with Crippen molar-refractivity contribution in [1.82, 2.24) is 5.32 Å². The number of amides is 1. The lowest BCUT2D eigenvalue weighted by atomic mass is 10.00. The summed E-state index contributed by atoms with van der Waals surface area (Å²) in [6.07, 6.45) is 0. The fourth-order valence-corrected chi connectivity index (χ4v) is 3.36. The van der Waals surface area contributed by atoms with E-state index in [0.29, 0.717) is 11.5 Å². The average Bonchev–Trinajstić information content (AvgIpc) is 2.57. The molecule has 5 nitrogen and oxygen atoms in total. The van der Waals surface area contributed by atoms with Crippen LogP contribution in [0.4, 0.5) is 5.69 Å². The molecular weight excluding hydrogens is 336 g/mol. The standard InChI is InChI=1S/C19H22N2O3S/c1-13-4-5-14(2)18(10-13)15(3)20-19(22)12-25-11-16-6-8-17(9-7-16)21(23)24/h4-10,15H,11-12H2,1-3H3,(H,20,22)/t15-/m0/s1. The molecule has 132 valence electrons. The number of nitrogens with zero attached hydrogens (tertiary/aromatic N) is 1. The molecule has 0 radical (unpaired) electrons. The molecule has 2 aromatic rings. The molecule has 0 heterocycles. The molecule has 1 atom stereocenters. The smallest absolute Gasteiger partial charge is 0.269 e. The Morgan fingerprint density at radius 1 is 1.20 bits per heavy atom. The summed E-state index contributed by atoms with van der Waals surface area (Å²) in [5.41, 5.74) is 4.51. The topological polar surface area (TPSA) is 72.2 Å². The zero-order chi connectivity index (χ0) is 18.4. The number of thioether (sulfide) groups is 1. The SMILES string of the molecule is Cc1ccc(C)c([C@H](C)NC(=O)CSCc2ccc([N+](=O)[O-])cc2)c1. The van der Waals surface area contributed by atoms with Gasteiger partial charge in [-0.2, -0.15) is 0 Å². The molecular formula is C19H22N2O3S. The minimum absolute atomic E-state index is 0.0136. The molecule has 0 bridgehead atoms. The van der Waals surface area contributed by atoms with Crippen molar-refractivity contribution in [3.05, 3.63) is 74.8 Å². The molecule has 2 aromatic carbocycles. The summed E-state index contributed by atoms with van der Waals surface area (Å²) in [7, 11) is 0. The monoisotopic (exact) mass is 358 g/mol. The van der Waals surface area contributed by atoms with Crippen molar-refractivity contribution in [2.45, 2.75) is 32.6 Å². The van der Waals surface area contributed by atoms with Crippen LogP contribution < -0.4 is 5.32 Å². The molecule has 0 aromatic heterocycles. The van der Waals surface area contributed by atoms with Gasteiger partial charge >= 0.3 is 0 Å². The number of hydrogen-bond acceptors (Lipinski definition) is 4. The van der Waals surface area contributed by atoms with E-state index < -0.39 is 4.92 Å². The summed E-state index contributed by atoms with van der Waals surface area (Å²) in [5.74, 6) is 0.982. The lowest BCUT2D eigenvalue weighted by Crippen LogP contribution is -2.28. The second kappa shape index (κ2) is 8.67. The second-order valence-electron chi connectivity index (χ2n) is 6.07. The van der Waals surface area contributed by atoms with Gasteiger partial charge in [-0.3, -0.25) is 14.9 Å². The van der Waals surface area contributed by atoms with Crippen molar-refractivity contribution >= 4 is 23.4 Å². The third-order valence-electron chi connectivity index (χ3n) is 3.93. The van der Waals surface area contributed by atoms with E-state index in [4.69, 9.17) is 0 Å². The highest BCUT2D eigenvalue weighted by atomic mass is 32.2. The highest BCUT2D eigenvalue weighted by Crippen LogP contribution is 2.20. The van der Waals surface area contributed by atoms with Crippen LogP contribution in [0.2, 0.25) is 0 Å². The van der Waals surface area contributed by atoms with Crippen LogP contribution in [0.15, 0.2) is 42.5 Å². The Hall–Kier alpha value is -2.34. The largest absolute Gasteiger partial charge is 0.349 e. The van der Waals surface area contributed by atoms with Crippen LogP contribution in [0.3, 0.4) is 0 Å². The lowest BCUT2D eigenvalue weighted by Gasteiger charge is -2.17. The first kappa shape index (κ1) is 19.0. The van der Waals surface area contributed by atoms with Crippen molar-refractivity contribution < 1.29 is 9.72 Å². The molecule has 0 aliphatic heterocycles. The summed E-state index contributed by atoms with van der Waals surface area (Å²) in [6.45, 7) is 6.07. The summed E-state index contributed by atoms with van der Waals surface area (Å²) < 4.78 is 0. The van der Waals surface area contributed by atoms with E-state index in [-0.39, 0.29) is 17.6 Å². The number of nitrogens with one attached hydrogen (secondary N) is 1. The van der Waals surface area contributed by atoms with Gasteiger partial charge in [0.15, 0.2) is 0 Å². The molecule has 0 aliphatic carbocycles. The van der Waals surface area contributed by atoms with E-state index in [0.717, 1.165) is 16.7 Å². The molecule has 6 heteroatoms. The Morgan fingerprint density at radius 2 is 1.88 bits per heavy atom. The van der Waals surface area contributed by atoms with E-state index in [2.05, 4.69) is 23.5 Å². The van der Waals surface area contributed by atoms with Gasteiger partial charge in [0.05, 0.1) is 16.7 Å². The van der Waals surface area contributed by atoms with Crippen molar-refractivity contribution in [1.29, 1.82) is 0 Å². The van der Waals surface area contributed by atoms with Crippen LogP contribution in [0.25, 0.3) is 0 Å². The van der Waals surface area contributed by atoms with Crippen molar-refractivity contribution in [2.75, 3.05) is 5.75 Å². The Kier molecular flexibility index (Phi) is 6.58. The van der Waals surface area contributed by atoms with Gasteiger partial charge in [0.25, 0.3) is 5.69 Å². The lowest BCUT2D eigenvalue weighted by molar-refractivity contribution is -0.384. The van der Waals surface area contributed by atoms with Crippen LogP contribution >= 0.6 is 11.8 Å². The van der Waals surface area contributed by atoms with Crippen molar-refractivity contribution in [3.8, 4) is 0 Å². The van der Waals surface area contributed by atoms with Gasteiger partial charge in [0.1, 0.15) is 0 Å². The Labute approximate surface area is 152 Å². The van der Waals surface area contributed by atoms with Crippen molar-refractivity contribution in [2.24, 2.45) is 0 Å². The minimum atomic E-state index is -0.418. The maximum absolute atomic E-state index is 12.1. The van der Waals surface area contributed by atoms with Crippen molar-refractivity contribution in [3.63, 3.8) is 0 Å². The van der Waals surface area contributed by atoms with Crippen LogP contribution in [0.1, 0.15) is 35.2 Å². The molecule has 0 spiro atoms. The van der Waals surface area contributed by atoms with Gasteiger partial charge in [0.2, 0.25) is 5.91 Å². The van der Waals surface area contributed by atoms with Gasteiger partial charge in [-0.15, -0.1) is 11.8 Å². The third-order valence-corrected chi connectivity index (χ3v) is 4.93. The maximum atomic E-state index is 12.1. The number of non-ortho nitro benzene ring substituents is 1. The van der Waals surface area contributed by atoms with E-state index in [9.17, 15) is 14.9 Å². The Morgan fingerprint density at radius 3 is 2.52 bits per heavy atom. The van der Waals surface area contributed by atoms with Gasteiger partial charge in [-0.25, -0.2) is 0 Å². The molecule has 0 saturated heterocycles. The fraction of sp³-hybridized carbons (Fsp3) is 0.316. The molecule has 1 amide bonds. The third kappa shape index (κ3) is 5.60. The minimum Gasteiger partial charge on any atom is -0.349 e. The van der Waals surface area contributed by atoms with E-state index in [1.807, 2.05) is 20.8 Å². The molecule has 1 N–H and O–H groups in total. The number of carbonyl (C=O) groups is 1. The second-order valence-corrected chi connectivity index (χ2v) is 7.05. The number of benzene rings is 2. The summed E-state index contributed by atoms with van der Waals surface area (Å²) in [5, 5.41) is 13.7. The molecule has 0 unspecified atom stereocenters. The van der Waals surface area contributed by atoms with Crippen LogP contribution in [-0.2, 0) is 10.5 Å². The Bertz CT molecular complexity index is 760. The van der Waals surface area contributed by atoms with E-state index in [1.165, 1.54) is 29.5 Å². The number of aryl methyl sites for hydroxylation is 2. The highest BCUT2D eigenvalue weighted by Gasteiger charge is 2.12. The van der Waals surface area contributed by atoms with Crippen LogP contribution in [-0.4, -0.2) is 16.6 Å². The predicted molar refractivity (Wildman–Crippen MR) is 102 cm³/mol. The van der Waals surface area contributed by atoms with Crippen LogP contribution in [0.5, 0.6) is 0 Å². The number of nitro groups is 1. The normalized spacial score (nSPS) is 11.8. The zero-order valence-corrected chi connectivity index (χ0v) is 15.4. The number of hydrogen-bond donors (Lipinski definition) is 1. The first-order chi connectivity index (χ1) is 11.9. The van der Waals surface area contributed by atoms with Gasteiger partial charge < -0.3 is 5.32 Å². The molecule has 0 saturated carbocycles. The van der Waals surface area contributed by atoms with Gasteiger partial charge in [-0.05, 0) is 37.5 Å². The number of nitro benzene ring substituents is 1. The molecule has 2 rings (SSSR count). The molecule has 25 heavy (non-hydrogen) atoms. The van der Waals surface area contributed by atoms with E-state index >= 15 is 0 Å². The molecule has 0 aliphatic rings. The average molecular weight is 358 g/mol. The van der Waals surface area contributed by atoms with E-state index in [1.54, 1.807) is 12.1 Å². The number of carbonyl (C=O) groups excluding carboxylic acids is 1. The van der Waals surface area contributed by atoms with Gasteiger partial charge in [-0.1, -0.05) is 35.9 Å². The fourth-order valence-electron chi connectivity index (χ4n) is 2.56. The first-order valence-electron chi connectivity index (χ1n) is 8.04. The molecule has 0 fully saturated rings. The van der Waals surface area contributed by atoms with Crippen LogP contribution in [0, 0.1) is 24.0 Å². The summed E-state index contributed by atoms with van der Waals surface area (Å²) >= 11 is 1.49. The summed E-state index contributed by atoms with van der Waals surface area (Å²) in [4.78, 5) is 22.3. The Balaban J connectivity index is 1.82. The summed E-state index contributed by atoms with van der Waals surface area (Å²) in [6, 6.07) is 12.6. The number of rotatable bonds is 7. The first-order valence-corrected chi connectivity index (χ1v) is 9.20. The maximum Gasteiger partial charge on any atom is 0.269 e. The zero-order valence-electron chi connectivity index (χ0n) is 14.6. The predicted octanol–water partition coefficient (Wildman–Crippen LogP) is 4.32.